The van der Waals surface area contributed by atoms with Crippen LogP contribution in [0.5, 0.6) is 0 Å². The summed E-state index contributed by atoms with van der Waals surface area (Å²) in [5.74, 6) is 1.20. The highest BCUT2D eigenvalue weighted by Gasteiger charge is 2.88. The number of ether oxygens (including phenoxy) is 3. The van der Waals surface area contributed by atoms with Gasteiger partial charge in [0.05, 0.1) is 19.3 Å². The van der Waals surface area contributed by atoms with Crippen molar-refractivity contribution in [2.45, 2.75) is 104 Å². The van der Waals surface area contributed by atoms with Gasteiger partial charge < -0.3 is 19.3 Å². The maximum absolute atomic E-state index is 16.2. The molecule has 4 fully saturated rings. The highest BCUT2D eigenvalue weighted by Crippen LogP contribution is 2.86. The summed E-state index contributed by atoms with van der Waals surface area (Å²) in [5.41, 5.74) is -0.216. The minimum atomic E-state index is -1.06. The average molecular weight is 655 g/mol. The second kappa shape index (κ2) is 13.3. The highest BCUT2D eigenvalue weighted by atomic mass is 16.7. The van der Waals surface area contributed by atoms with E-state index in [4.69, 9.17) is 14.2 Å². The molecule has 1 aromatic rings. The Morgan fingerprint density at radius 1 is 1.12 bits per heavy atom. The summed E-state index contributed by atoms with van der Waals surface area (Å²) in [6, 6.07) is 10.3. The molecule has 1 aliphatic heterocycles. The standard InChI is InChI=1S/C43H58O5/c1-6-8-16-32(15-7-2)38(44)41-27-34-29(5)21-22-35(34)42(40-46-23-24-47-40)26-33(41)25-36(28(3)4)43(41,42)39(45)48-37(30-17-11-9-12-18-30)31-19-13-10-14-20-31/h7,9-14,17-19,25,28-29,31-35,37-38,40,44H,2,6,8,15-16,20-24,26-27H2,1,3-5H3/t29-,31?,32?,33?,34-,35-,37?,38?,41?,42?,43?/m1/s1. The van der Waals surface area contributed by atoms with Crippen LogP contribution in [0.25, 0.3) is 0 Å². The van der Waals surface area contributed by atoms with Gasteiger partial charge in [-0.25, -0.2) is 0 Å². The quantitative estimate of drug-likeness (QED) is 0.170. The van der Waals surface area contributed by atoms with Crippen LogP contribution in [-0.4, -0.2) is 36.7 Å². The highest BCUT2D eigenvalue weighted by molar-refractivity contribution is 5.87. The molecule has 0 spiro atoms. The van der Waals surface area contributed by atoms with E-state index in [1.54, 1.807) is 0 Å². The van der Waals surface area contributed by atoms with E-state index in [1.165, 1.54) is 0 Å². The summed E-state index contributed by atoms with van der Waals surface area (Å²) in [4.78, 5) is 16.2. The Hall–Kier alpha value is -2.47. The molecule has 5 aliphatic carbocycles. The van der Waals surface area contributed by atoms with Crippen LogP contribution in [-0.2, 0) is 19.0 Å². The maximum Gasteiger partial charge on any atom is 0.318 e. The third kappa shape index (κ3) is 4.77. The zero-order valence-corrected chi connectivity index (χ0v) is 29.7. The van der Waals surface area contributed by atoms with Gasteiger partial charge in [-0.1, -0.05) is 119 Å². The third-order valence-electron chi connectivity index (χ3n) is 14.0. The Morgan fingerprint density at radius 3 is 2.56 bits per heavy atom. The number of hydrogen-bond donors (Lipinski definition) is 1. The zero-order valence-electron chi connectivity index (χ0n) is 29.7. The van der Waals surface area contributed by atoms with Gasteiger partial charge in [0.25, 0.3) is 0 Å². The second-order valence-electron chi connectivity index (χ2n) is 16.3. The van der Waals surface area contributed by atoms with E-state index in [9.17, 15) is 5.11 Å². The molecule has 0 radical (unpaired) electrons. The van der Waals surface area contributed by atoms with E-state index in [1.807, 2.05) is 24.3 Å². The van der Waals surface area contributed by atoms with Gasteiger partial charge in [-0.15, -0.1) is 6.58 Å². The van der Waals surface area contributed by atoms with Gasteiger partial charge in [0.1, 0.15) is 11.5 Å². The second-order valence-corrected chi connectivity index (χ2v) is 16.3. The van der Waals surface area contributed by atoms with E-state index < -0.39 is 34.7 Å². The molecule has 5 heteroatoms. The maximum atomic E-state index is 16.2. The SMILES string of the molecule is C=CCC(CCCC)C(O)C12C[C@@H]3[C@H](C)CC[C@H]3C3(C4OCCO4)CC1C=C(C(C)C)C23C(=O)OC(c1ccccc1)C1C=CC=CC1. The summed E-state index contributed by atoms with van der Waals surface area (Å²) < 4.78 is 20.4. The summed E-state index contributed by atoms with van der Waals surface area (Å²) in [6.45, 7) is 14.3. The van der Waals surface area contributed by atoms with E-state index in [0.29, 0.717) is 25.0 Å². The van der Waals surface area contributed by atoms with Gasteiger partial charge in [-0.05, 0) is 79.6 Å². The van der Waals surface area contributed by atoms with Crippen molar-refractivity contribution in [1.82, 2.24) is 0 Å². The molecule has 3 saturated carbocycles. The number of unbranched alkanes of at least 4 members (excludes halogenated alkanes) is 1. The minimum Gasteiger partial charge on any atom is -0.456 e. The van der Waals surface area contributed by atoms with Crippen molar-refractivity contribution >= 4 is 5.97 Å². The lowest BCUT2D eigenvalue weighted by Crippen LogP contribution is -2.69. The number of esters is 1. The van der Waals surface area contributed by atoms with Gasteiger partial charge in [0.15, 0.2) is 6.29 Å². The largest absolute Gasteiger partial charge is 0.456 e. The van der Waals surface area contributed by atoms with Crippen LogP contribution in [0.4, 0.5) is 0 Å². The number of benzene rings is 1. The number of carbonyl (C=O) groups excluding carboxylic acids is 1. The van der Waals surface area contributed by atoms with Gasteiger partial charge in [-0.3, -0.25) is 4.79 Å². The summed E-state index contributed by atoms with van der Waals surface area (Å²) in [6.07, 6.45) is 19.7. The molecule has 1 saturated heterocycles. The first-order valence-electron chi connectivity index (χ1n) is 19.1. The molecule has 6 aliphatic rings. The molecule has 11 atom stereocenters. The smallest absolute Gasteiger partial charge is 0.318 e. The number of fused-ring (bicyclic) bond motifs is 2. The molecule has 8 unspecified atom stereocenters. The van der Waals surface area contributed by atoms with Crippen molar-refractivity contribution in [3.05, 3.63) is 84.5 Å². The summed E-state index contributed by atoms with van der Waals surface area (Å²) in [5, 5.41) is 13.2. The van der Waals surface area contributed by atoms with E-state index in [2.05, 4.69) is 76.8 Å². The van der Waals surface area contributed by atoms with Crippen molar-refractivity contribution in [3.63, 3.8) is 0 Å². The van der Waals surface area contributed by atoms with Crippen LogP contribution in [0.1, 0.15) is 97.1 Å². The Kier molecular flexibility index (Phi) is 9.45. The Bertz CT molecular complexity index is 1420. The van der Waals surface area contributed by atoms with Crippen molar-refractivity contribution in [2.24, 2.45) is 57.7 Å². The van der Waals surface area contributed by atoms with E-state index in [-0.39, 0.29) is 35.6 Å². The fourth-order valence-electron chi connectivity index (χ4n) is 12.2. The van der Waals surface area contributed by atoms with Crippen LogP contribution in [0.15, 0.2) is 78.9 Å². The van der Waals surface area contributed by atoms with Crippen LogP contribution in [0, 0.1) is 57.7 Å². The van der Waals surface area contributed by atoms with E-state index in [0.717, 1.165) is 68.9 Å². The normalized spacial score (nSPS) is 38.5. The fourth-order valence-corrected chi connectivity index (χ4v) is 12.2. The first-order valence-corrected chi connectivity index (χ1v) is 19.1. The van der Waals surface area contributed by atoms with Gasteiger partial charge in [-0.2, -0.15) is 0 Å². The molecule has 4 bridgehead atoms. The molecular formula is C43H58O5. The molecule has 7 rings (SSSR count). The lowest BCUT2D eigenvalue weighted by Gasteiger charge is -2.63. The lowest BCUT2D eigenvalue weighted by atomic mass is 9.40. The number of aliphatic hydroxyl groups excluding tert-OH is 1. The first kappa shape index (κ1) is 34.0. The van der Waals surface area contributed by atoms with Gasteiger partial charge >= 0.3 is 5.97 Å². The van der Waals surface area contributed by atoms with Crippen LogP contribution >= 0.6 is 0 Å². The average Bonchev–Trinajstić information content (AvgIpc) is 3.87. The van der Waals surface area contributed by atoms with Gasteiger partial charge in [0, 0.05) is 16.7 Å². The van der Waals surface area contributed by atoms with Gasteiger partial charge in [0.2, 0.25) is 0 Å². The number of hydrogen-bond acceptors (Lipinski definition) is 5. The third-order valence-corrected chi connectivity index (χ3v) is 14.0. The summed E-state index contributed by atoms with van der Waals surface area (Å²) in [7, 11) is 0. The molecule has 5 nitrogen and oxygen atoms in total. The molecule has 1 N–H and O–H groups in total. The predicted octanol–water partition coefficient (Wildman–Crippen LogP) is 9.16. The van der Waals surface area contributed by atoms with Crippen molar-refractivity contribution in [1.29, 1.82) is 0 Å². The Morgan fingerprint density at radius 2 is 1.90 bits per heavy atom. The molecule has 1 heterocycles. The molecule has 0 aromatic heterocycles. The molecule has 1 aromatic carbocycles. The monoisotopic (exact) mass is 654 g/mol. The number of carbonyl (C=O) groups is 1. The molecule has 260 valence electrons. The Labute approximate surface area is 288 Å². The van der Waals surface area contributed by atoms with Crippen LogP contribution in [0.2, 0.25) is 0 Å². The van der Waals surface area contributed by atoms with Crippen molar-refractivity contribution in [3.8, 4) is 0 Å². The fraction of sp³-hybridized carbons (Fsp3) is 0.651. The summed E-state index contributed by atoms with van der Waals surface area (Å²) >= 11 is 0. The number of rotatable bonds is 13. The minimum absolute atomic E-state index is 0.0165. The zero-order chi connectivity index (χ0) is 33.7. The molecule has 0 amide bonds. The first-order chi connectivity index (χ1) is 23.3. The topological polar surface area (TPSA) is 65.0 Å². The van der Waals surface area contributed by atoms with Crippen molar-refractivity contribution < 1.29 is 24.1 Å². The molecular weight excluding hydrogens is 596 g/mol. The number of aliphatic hydroxyl groups is 1. The van der Waals surface area contributed by atoms with Crippen molar-refractivity contribution in [2.75, 3.05) is 13.2 Å². The van der Waals surface area contributed by atoms with E-state index >= 15 is 4.79 Å². The van der Waals surface area contributed by atoms with Crippen LogP contribution < -0.4 is 0 Å². The Balaban J connectivity index is 1.46. The van der Waals surface area contributed by atoms with Crippen LogP contribution in [0.3, 0.4) is 0 Å². The number of allylic oxidation sites excluding steroid dienone is 5. The molecule has 48 heavy (non-hydrogen) atoms. The predicted molar refractivity (Wildman–Crippen MR) is 190 cm³/mol. The lowest BCUT2D eigenvalue weighted by molar-refractivity contribution is -0.259.